The zero-order chi connectivity index (χ0) is 23.6. The molecule has 1 heterocycles. The maximum absolute atomic E-state index is 14.0. The van der Waals surface area contributed by atoms with Gasteiger partial charge in [-0.25, -0.2) is 4.39 Å². The fraction of sp³-hybridized carbons (Fsp3) is 0.333. The second-order valence-electron chi connectivity index (χ2n) is 6.50. The second-order valence-corrected chi connectivity index (χ2v) is 6.94. The molecule has 1 unspecified atom stereocenters. The maximum atomic E-state index is 14.0. The van der Waals surface area contributed by atoms with E-state index in [2.05, 4.69) is 10.3 Å². The molecular weight excluding hydrogens is 461 g/mol. The normalized spacial score (nSPS) is 15.4. The van der Waals surface area contributed by atoms with Gasteiger partial charge >= 0.3 is 18.3 Å². The average molecular weight is 475 g/mol. The van der Waals surface area contributed by atoms with Crippen LogP contribution >= 0.6 is 11.6 Å². The van der Waals surface area contributed by atoms with Crippen LogP contribution < -0.4 is 5.32 Å². The molecule has 0 fully saturated rings. The van der Waals surface area contributed by atoms with E-state index in [9.17, 15) is 45.7 Å². The number of alkyl halides is 6. The van der Waals surface area contributed by atoms with Crippen molar-refractivity contribution in [3.05, 3.63) is 64.2 Å². The predicted octanol–water partition coefficient (Wildman–Crippen LogP) is 4.12. The number of aromatic nitrogens is 1. The van der Waals surface area contributed by atoms with Crippen molar-refractivity contribution in [2.45, 2.75) is 30.4 Å². The first-order valence-corrected chi connectivity index (χ1v) is 8.75. The molecule has 0 aliphatic heterocycles. The van der Waals surface area contributed by atoms with E-state index in [1.807, 2.05) is 0 Å². The van der Waals surface area contributed by atoms with Crippen LogP contribution in [0.4, 0.5) is 30.7 Å². The minimum absolute atomic E-state index is 0.0403. The number of nitrogens with zero attached hydrogens (tertiary/aromatic N) is 1. The molecule has 13 heteroatoms. The fourth-order valence-electron chi connectivity index (χ4n) is 2.84. The lowest BCUT2D eigenvalue weighted by molar-refractivity contribution is -0.202. The molecule has 0 bridgehead atoms. The molecule has 170 valence electrons. The summed E-state index contributed by atoms with van der Waals surface area (Å²) in [5.74, 6) is -3.06. The van der Waals surface area contributed by atoms with E-state index in [1.165, 1.54) is 6.07 Å². The van der Waals surface area contributed by atoms with E-state index in [0.29, 0.717) is 12.1 Å². The Morgan fingerprint density at radius 2 is 1.71 bits per heavy atom. The summed E-state index contributed by atoms with van der Waals surface area (Å²) in [6.45, 7) is -1.32. The summed E-state index contributed by atoms with van der Waals surface area (Å²) in [5, 5.41) is 20.9. The molecule has 2 aromatic rings. The molecule has 2 atom stereocenters. The van der Waals surface area contributed by atoms with Crippen LogP contribution in [0.5, 0.6) is 0 Å². The Morgan fingerprint density at radius 3 is 2.19 bits per heavy atom. The summed E-state index contributed by atoms with van der Waals surface area (Å²) in [7, 11) is 0. The number of carbonyl (C=O) groups is 1. The second kappa shape index (κ2) is 8.97. The molecule has 3 N–H and O–H groups in total. The van der Waals surface area contributed by atoms with E-state index in [-0.39, 0.29) is 16.8 Å². The van der Waals surface area contributed by atoms with Crippen LogP contribution in [0.1, 0.15) is 23.2 Å². The Hall–Kier alpha value is -2.44. The van der Waals surface area contributed by atoms with Gasteiger partial charge < -0.3 is 10.2 Å². The number of hydrogen-bond acceptors (Lipinski definition) is 4. The molecule has 0 spiro atoms. The third kappa shape index (κ3) is 6.05. The molecule has 5 nitrogen and oxygen atoms in total. The molecule has 0 radical (unpaired) electrons. The van der Waals surface area contributed by atoms with Crippen LogP contribution in [-0.4, -0.2) is 40.0 Å². The van der Waals surface area contributed by atoms with Crippen LogP contribution in [0, 0.1) is 5.82 Å². The molecule has 0 aliphatic rings. The zero-order valence-corrected chi connectivity index (χ0v) is 16.0. The average Bonchev–Trinajstić information content (AvgIpc) is 2.63. The predicted molar refractivity (Wildman–Crippen MR) is 93.7 cm³/mol. The third-order valence-corrected chi connectivity index (χ3v) is 4.50. The van der Waals surface area contributed by atoms with Crippen molar-refractivity contribution in [1.29, 1.82) is 0 Å². The van der Waals surface area contributed by atoms with Crippen LogP contribution in [0.3, 0.4) is 0 Å². The molecule has 0 saturated carbocycles. The molecule has 1 aromatic heterocycles. The SMILES string of the molecule is O=C(O)CC(NC[C@@H](O)C(F)(F)F)(c1cc(F)cc(C(F)(F)F)c1)c1ccc(Cl)cn1. The number of nitrogens with one attached hydrogen (secondary N) is 1. The van der Waals surface area contributed by atoms with E-state index in [1.54, 1.807) is 0 Å². The van der Waals surface area contributed by atoms with Gasteiger partial charge in [-0.3, -0.25) is 15.1 Å². The highest BCUT2D eigenvalue weighted by Gasteiger charge is 2.44. The van der Waals surface area contributed by atoms with Crippen molar-refractivity contribution >= 4 is 17.6 Å². The Balaban J connectivity index is 2.74. The van der Waals surface area contributed by atoms with Gasteiger partial charge in [0.2, 0.25) is 0 Å². The third-order valence-electron chi connectivity index (χ3n) is 4.27. The number of pyridine rings is 1. The first-order chi connectivity index (χ1) is 14.1. The van der Waals surface area contributed by atoms with Crippen molar-refractivity contribution < 1.29 is 45.7 Å². The van der Waals surface area contributed by atoms with Gasteiger partial charge in [-0.2, -0.15) is 26.3 Å². The lowest BCUT2D eigenvalue weighted by Crippen LogP contribution is -2.51. The number of rotatable bonds is 7. The van der Waals surface area contributed by atoms with Gasteiger partial charge in [0.05, 0.1) is 28.2 Å². The van der Waals surface area contributed by atoms with Crippen LogP contribution in [-0.2, 0) is 16.5 Å². The van der Waals surface area contributed by atoms with Gasteiger partial charge in [0.25, 0.3) is 0 Å². The first-order valence-electron chi connectivity index (χ1n) is 8.37. The molecule has 0 saturated heterocycles. The summed E-state index contributed by atoms with van der Waals surface area (Å²) >= 11 is 5.71. The molecular formula is C18H14ClF7N2O3. The van der Waals surface area contributed by atoms with Crippen molar-refractivity contribution in [2.75, 3.05) is 6.54 Å². The van der Waals surface area contributed by atoms with Gasteiger partial charge in [-0.05, 0) is 35.9 Å². The van der Waals surface area contributed by atoms with Crippen LogP contribution in [0.25, 0.3) is 0 Å². The quantitative estimate of drug-likeness (QED) is 0.526. The number of carboxylic acids is 1. The largest absolute Gasteiger partial charge is 0.481 e. The Bertz CT molecular complexity index is 935. The Morgan fingerprint density at radius 1 is 1.10 bits per heavy atom. The van der Waals surface area contributed by atoms with Gasteiger partial charge in [0.15, 0.2) is 6.10 Å². The highest BCUT2D eigenvalue weighted by Crippen LogP contribution is 2.38. The minimum atomic E-state index is -5.12. The molecule has 2 rings (SSSR count). The van der Waals surface area contributed by atoms with Gasteiger partial charge in [0, 0.05) is 12.7 Å². The number of aliphatic carboxylic acids is 1. The summed E-state index contributed by atoms with van der Waals surface area (Å²) in [6.07, 6.45) is -13.3. The lowest BCUT2D eigenvalue weighted by Gasteiger charge is -2.35. The summed E-state index contributed by atoms with van der Waals surface area (Å²) in [4.78, 5) is 15.4. The summed E-state index contributed by atoms with van der Waals surface area (Å²) in [6, 6.07) is 3.33. The highest BCUT2D eigenvalue weighted by atomic mass is 35.5. The standard InChI is InChI=1S/C18H14ClF7N2O3/c19-11-1-2-13(27-7-11)16(6-15(30)31,28-8-14(29)18(24,25)26)9-3-10(17(21,22)23)5-12(20)4-9/h1-5,7,14,28-29H,6,8H2,(H,30,31)/t14-,16?/m1/s1. The van der Waals surface area contributed by atoms with Gasteiger partial charge in [-0.15, -0.1) is 0 Å². The molecule has 31 heavy (non-hydrogen) atoms. The lowest BCUT2D eigenvalue weighted by atomic mass is 9.81. The minimum Gasteiger partial charge on any atom is -0.481 e. The van der Waals surface area contributed by atoms with Crippen molar-refractivity contribution in [3.63, 3.8) is 0 Å². The number of halogens is 8. The van der Waals surface area contributed by atoms with E-state index >= 15 is 0 Å². The van der Waals surface area contributed by atoms with Crippen molar-refractivity contribution in [2.24, 2.45) is 0 Å². The smallest absolute Gasteiger partial charge is 0.416 e. The number of hydrogen-bond donors (Lipinski definition) is 3. The monoisotopic (exact) mass is 474 g/mol. The van der Waals surface area contributed by atoms with Crippen LogP contribution in [0.15, 0.2) is 36.5 Å². The van der Waals surface area contributed by atoms with E-state index < -0.39 is 59.9 Å². The summed E-state index contributed by atoms with van der Waals surface area (Å²) < 4.78 is 92.0. The number of aliphatic hydroxyl groups is 1. The highest BCUT2D eigenvalue weighted by molar-refractivity contribution is 6.30. The molecule has 0 amide bonds. The van der Waals surface area contributed by atoms with Crippen LogP contribution in [0.2, 0.25) is 5.02 Å². The van der Waals surface area contributed by atoms with Crippen molar-refractivity contribution in [3.8, 4) is 0 Å². The molecule has 1 aromatic carbocycles. The Kier molecular flexibility index (Phi) is 7.18. The van der Waals surface area contributed by atoms with Gasteiger partial charge in [0.1, 0.15) is 5.82 Å². The maximum Gasteiger partial charge on any atom is 0.416 e. The van der Waals surface area contributed by atoms with Crippen molar-refractivity contribution in [1.82, 2.24) is 10.3 Å². The number of benzene rings is 1. The number of aliphatic hydroxyl groups excluding tert-OH is 1. The van der Waals surface area contributed by atoms with E-state index in [4.69, 9.17) is 11.6 Å². The van der Waals surface area contributed by atoms with Gasteiger partial charge in [-0.1, -0.05) is 11.6 Å². The van der Waals surface area contributed by atoms with E-state index in [0.717, 1.165) is 12.3 Å². The first kappa shape index (κ1) is 24.8. The number of carboxylic acid groups (broad SMARTS) is 1. The Labute approximate surface area is 175 Å². The topological polar surface area (TPSA) is 82.5 Å². The summed E-state index contributed by atoms with van der Waals surface area (Å²) in [5.41, 5.74) is -4.88. The molecule has 0 aliphatic carbocycles. The zero-order valence-electron chi connectivity index (χ0n) is 15.2. The fourth-order valence-corrected chi connectivity index (χ4v) is 2.95.